The maximum atomic E-state index is 10.2. The molecular weight excluding hydrogens is 220 g/mol. The lowest BCUT2D eigenvalue weighted by Crippen LogP contribution is -2.12. The van der Waals surface area contributed by atoms with Crippen LogP contribution in [0.25, 0.3) is 0 Å². The molecule has 1 aromatic rings. The van der Waals surface area contributed by atoms with E-state index < -0.39 is 0 Å². The summed E-state index contributed by atoms with van der Waals surface area (Å²) in [5, 5.41) is 10.2. The number of hydrogen-bond donors (Lipinski definition) is 1. The van der Waals surface area contributed by atoms with Crippen LogP contribution in [0.2, 0.25) is 0 Å². The molecule has 0 radical (unpaired) electrons. The lowest BCUT2D eigenvalue weighted by molar-refractivity contribution is 0.0918. The Morgan fingerprint density at radius 3 is 2.75 bits per heavy atom. The highest BCUT2D eigenvalue weighted by Gasteiger charge is 2.24. The van der Waals surface area contributed by atoms with Gasteiger partial charge in [-0.05, 0) is 29.9 Å². The number of thioether (sulfide) groups is 1. The van der Waals surface area contributed by atoms with Crippen molar-refractivity contribution in [3.63, 3.8) is 0 Å². The molecule has 1 aromatic carbocycles. The maximum absolute atomic E-state index is 10.2. The van der Waals surface area contributed by atoms with Gasteiger partial charge in [-0.1, -0.05) is 19.1 Å². The fourth-order valence-electron chi connectivity index (χ4n) is 2.00. The quantitative estimate of drug-likeness (QED) is 0.818. The lowest BCUT2D eigenvalue weighted by Gasteiger charge is -2.16. The normalized spacial score (nSPS) is 22.2. The van der Waals surface area contributed by atoms with Crippen LogP contribution in [0.4, 0.5) is 0 Å². The number of ether oxygens (including phenoxy) is 1. The molecule has 2 nitrogen and oxygen atoms in total. The first-order valence-corrected chi connectivity index (χ1v) is 6.78. The molecule has 0 spiro atoms. The summed E-state index contributed by atoms with van der Waals surface area (Å²) >= 11 is 1.82. The van der Waals surface area contributed by atoms with Crippen LogP contribution in [0.15, 0.2) is 29.2 Å². The summed E-state index contributed by atoms with van der Waals surface area (Å²) in [5.74, 6) is 1.35. The van der Waals surface area contributed by atoms with Gasteiger partial charge in [0.15, 0.2) is 0 Å². The smallest absolute Gasteiger partial charge is 0.0841 e. The van der Waals surface area contributed by atoms with E-state index in [0.29, 0.717) is 6.61 Å². The van der Waals surface area contributed by atoms with Crippen molar-refractivity contribution in [1.29, 1.82) is 0 Å². The molecule has 1 heterocycles. The van der Waals surface area contributed by atoms with Crippen molar-refractivity contribution < 1.29 is 9.84 Å². The van der Waals surface area contributed by atoms with Gasteiger partial charge in [0.25, 0.3) is 0 Å². The van der Waals surface area contributed by atoms with E-state index >= 15 is 0 Å². The number of aliphatic hydroxyl groups is 1. The van der Waals surface area contributed by atoms with Crippen molar-refractivity contribution in [1.82, 2.24) is 0 Å². The van der Waals surface area contributed by atoms with E-state index in [1.807, 2.05) is 23.9 Å². The predicted octanol–water partition coefficient (Wildman–Crippen LogP) is 2.87. The van der Waals surface area contributed by atoms with E-state index in [2.05, 4.69) is 19.1 Å². The van der Waals surface area contributed by atoms with Gasteiger partial charge in [-0.25, -0.2) is 0 Å². The Morgan fingerprint density at radius 2 is 2.19 bits per heavy atom. The van der Waals surface area contributed by atoms with Gasteiger partial charge in [-0.15, -0.1) is 11.8 Å². The number of aliphatic hydroxyl groups excluding tert-OH is 1. The molecule has 1 saturated heterocycles. The predicted molar refractivity (Wildman–Crippen MR) is 66.7 cm³/mol. The minimum absolute atomic E-state index is 0.268. The first kappa shape index (κ1) is 12.0. The Morgan fingerprint density at radius 1 is 1.44 bits per heavy atom. The Balaban J connectivity index is 2.02. The molecule has 0 amide bonds. The van der Waals surface area contributed by atoms with Gasteiger partial charge in [0, 0.05) is 17.4 Å². The lowest BCUT2D eigenvalue weighted by atomic mass is 9.95. The Kier molecular flexibility index (Phi) is 4.27. The van der Waals surface area contributed by atoms with Gasteiger partial charge < -0.3 is 9.84 Å². The van der Waals surface area contributed by atoms with E-state index in [4.69, 9.17) is 4.74 Å². The zero-order chi connectivity index (χ0) is 11.4. The fraction of sp³-hybridized carbons (Fsp3) is 0.538. The molecule has 1 aliphatic rings. The molecule has 2 atom stereocenters. The van der Waals surface area contributed by atoms with E-state index in [1.54, 1.807) is 0 Å². The highest BCUT2D eigenvalue weighted by molar-refractivity contribution is 7.99. The topological polar surface area (TPSA) is 29.5 Å². The second-order valence-electron chi connectivity index (χ2n) is 4.07. The summed E-state index contributed by atoms with van der Waals surface area (Å²) in [6, 6.07) is 8.23. The van der Waals surface area contributed by atoms with Crippen molar-refractivity contribution >= 4 is 11.8 Å². The third-order valence-electron chi connectivity index (χ3n) is 2.94. The van der Waals surface area contributed by atoms with Crippen LogP contribution in [0, 0.1) is 5.92 Å². The molecular formula is C13H18O2S. The van der Waals surface area contributed by atoms with Gasteiger partial charge in [0.2, 0.25) is 0 Å². The van der Waals surface area contributed by atoms with Crippen molar-refractivity contribution in [2.45, 2.75) is 24.3 Å². The van der Waals surface area contributed by atoms with Crippen molar-refractivity contribution in [2.24, 2.45) is 5.92 Å². The molecule has 88 valence electrons. The van der Waals surface area contributed by atoms with Crippen LogP contribution in [0.1, 0.15) is 25.0 Å². The van der Waals surface area contributed by atoms with Crippen molar-refractivity contribution in [3.8, 4) is 0 Å². The molecule has 1 N–H and O–H groups in total. The Hall–Kier alpha value is -0.510. The van der Waals surface area contributed by atoms with Gasteiger partial charge in [0.05, 0.1) is 12.7 Å². The van der Waals surface area contributed by atoms with Gasteiger partial charge >= 0.3 is 0 Å². The van der Waals surface area contributed by atoms with Crippen LogP contribution in [-0.4, -0.2) is 24.1 Å². The highest BCUT2D eigenvalue weighted by Crippen LogP contribution is 2.29. The Labute approximate surface area is 101 Å². The minimum atomic E-state index is -0.372. The third kappa shape index (κ3) is 2.78. The molecule has 1 fully saturated rings. The maximum Gasteiger partial charge on any atom is 0.0841 e. The summed E-state index contributed by atoms with van der Waals surface area (Å²) < 4.78 is 5.30. The van der Waals surface area contributed by atoms with Crippen LogP contribution in [0.3, 0.4) is 0 Å². The zero-order valence-electron chi connectivity index (χ0n) is 9.56. The SMILES string of the molecule is CCSc1ccc(C(O)C2CCOC2)cc1. The number of benzene rings is 1. The number of hydrogen-bond acceptors (Lipinski definition) is 3. The molecule has 2 rings (SSSR count). The monoisotopic (exact) mass is 238 g/mol. The van der Waals surface area contributed by atoms with Gasteiger partial charge in [-0.2, -0.15) is 0 Å². The molecule has 0 aliphatic carbocycles. The highest BCUT2D eigenvalue weighted by atomic mass is 32.2. The summed E-state index contributed by atoms with van der Waals surface area (Å²) in [6.45, 7) is 3.61. The molecule has 0 aromatic heterocycles. The summed E-state index contributed by atoms with van der Waals surface area (Å²) in [7, 11) is 0. The zero-order valence-corrected chi connectivity index (χ0v) is 10.4. The van der Waals surface area contributed by atoms with Crippen molar-refractivity contribution in [2.75, 3.05) is 19.0 Å². The largest absolute Gasteiger partial charge is 0.388 e. The van der Waals surface area contributed by atoms with E-state index in [1.165, 1.54) is 4.90 Å². The average Bonchev–Trinajstić information content (AvgIpc) is 2.83. The molecule has 2 unspecified atom stereocenters. The van der Waals surface area contributed by atoms with Crippen LogP contribution >= 0.6 is 11.8 Å². The van der Waals surface area contributed by atoms with Crippen molar-refractivity contribution in [3.05, 3.63) is 29.8 Å². The summed E-state index contributed by atoms with van der Waals surface area (Å²) in [6.07, 6.45) is 0.593. The van der Waals surface area contributed by atoms with Gasteiger partial charge in [-0.3, -0.25) is 0 Å². The standard InChI is InChI=1S/C13H18O2S/c1-2-16-12-5-3-10(4-6-12)13(14)11-7-8-15-9-11/h3-6,11,13-14H,2,7-9H2,1H3. The number of rotatable bonds is 4. The second kappa shape index (κ2) is 5.71. The third-order valence-corrected chi connectivity index (χ3v) is 3.84. The molecule has 1 aliphatic heterocycles. The van der Waals surface area contributed by atoms with Crippen LogP contribution in [0.5, 0.6) is 0 Å². The average molecular weight is 238 g/mol. The fourth-order valence-corrected chi connectivity index (χ4v) is 2.66. The molecule has 16 heavy (non-hydrogen) atoms. The Bertz CT molecular complexity index is 317. The first-order chi connectivity index (χ1) is 7.81. The molecule has 3 heteroatoms. The molecule has 0 saturated carbocycles. The molecule has 0 bridgehead atoms. The first-order valence-electron chi connectivity index (χ1n) is 5.80. The van der Waals surface area contributed by atoms with Crippen LogP contribution in [-0.2, 0) is 4.74 Å². The van der Waals surface area contributed by atoms with E-state index in [0.717, 1.165) is 24.3 Å². The van der Waals surface area contributed by atoms with Crippen LogP contribution < -0.4 is 0 Å². The minimum Gasteiger partial charge on any atom is -0.388 e. The summed E-state index contributed by atoms with van der Waals surface area (Å²) in [5.41, 5.74) is 1.01. The second-order valence-corrected chi connectivity index (χ2v) is 5.41. The van der Waals surface area contributed by atoms with E-state index in [9.17, 15) is 5.11 Å². The van der Waals surface area contributed by atoms with E-state index in [-0.39, 0.29) is 12.0 Å². The summed E-state index contributed by atoms with van der Waals surface area (Å²) in [4.78, 5) is 1.26. The van der Waals surface area contributed by atoms with Gasteiger partial charge in [0.1, 0.15) is 0 Å².